The van der Waals surface area contributed by atoms with E-state index >= 15 is 0 Å². The number of carbonyl (C=O) groups is 1. The van der Waals surface area contributed by atoms with Gasteiger partial charge in [-0.1, -0.05) is 65.3 Å². The number of ketones is 1. The van der Waals surface area contributed by atoms with E-state index in [9.17, 15) is 4.79 Å². The van der Waals surface area contributed by atoms with Crippen molar-refractivity contribution in [3.63, 3.8) is 0 Å². The number of fused-ring (bicyclic) bond motifs is 1. The first-order valence-electron chi connectivity index (χ1n) is 8.43. The minimum Gasteiger partial charge on any atom is -0.293 e. The number of rotatable bonds is 6. The Morgan fingerprint density at radius 1 is 1.04 bits per heavy atom. The van der Waals surface area contributed by atoms with Gasteiger partial charge in [0.15, 0.2) is 11.4 Å². The monoisotopic (exact) mass is 428 g/mol. The van der Waals surface area contributed by atoms with Crippen LogP contribution in [0.15, 0.2) is 66.1 Å². The fourth-order valence-corrected chi connectivity index (χ4v) is 3.90. The van der Waals surface area contributed by atoms with Crippen molar-refractivity contribution in [2.24, 2.45) is 0 Å². The van der Waals surface area contributed by atoms with Crippen molar-refractivity contribution in [1.82, 2.24) is 19.7 Å². The fourth-order valence-electron chi connectivity index (χ4n) is 2.75. The zero-order chi connectivity index (χ0) is 19.5. The van der Waals surface area contributed by atoms with E-state index in [1.165, 1.54) is 18.1 Å². The number of aromatic nitrogens is 4. The Hall–Kier alpha value is -2.41. The highest BCUT2D eigenvalue weighted by atomic mass is 35.5. The summed E-state index contributed by atoms with van der Waals surface area (Å²) in [6.07, 6.45) is 3.24. The summed E-state index contributed by atoms with van der Waals surface area (Å²) in [6.45, 7) is 0.619. The van der Waals surface area contributed by atoms with Gasteiger partial charge in [-0.2, -0.15) is 5.10 Å². The molecule has 0 bridgehead atoms. The molecule has 0 atom stereocenters. The molecule has 5 nitrogen and oxygen atoms in total. The van der Waals surface area contributed by atoms with E-state index in [0.29, 0.717) is 22.2 Å². The van der Waals surface area contributed by atoms with Crippen LogP contribution in [0, 0.1) is 0 Å². The highest BCUT2D eigenvalue weighted by Crippen LogP contribution is 2.27. The van der Waals surface area contributed by atoms with E-state index in [1.54, 1.807) is 24.4 Å². The standard InChI is InChI=1S/C20H14Cl2N4OS/c21-16-7-6-14(8-17(16)22)18(27)11-28-20-15-9-25-26(19(15)23-12-24-20)10-13-4-2-1-3-5-13/h1-9,12H,10-11H2. The Morgan fingerprint density at radius 2 is 1.86 bits per heavy atom. The first-order valence-corrected chi connectivity index (χ1v) is 10.2. The quantitative estimate of drug-likeness (QED) is 0.241. The van der Waals surface area contributed by atoms with Crippen LogP contribution in [0.2, 0.25) is 10.0 Å². The maximum atomic E-state index is 12.5. The molecule has 0 aliphatic rings. The average Bonchev–Trinajstić information content (AvgIpc) is 3.12. The second kappa shape index (κ2) is 8.31. The molecule has 0 amide bonds. The van der Waals surface area contributed by atoms with Gasteiger partial charge in [0.05, 0.1) is 33.9 Å². The number of hydrogen-bond acceptors (Lipinski definition) is 5. The normalized spacial score (nSPS) is 11.1. The predicted octanol–water partition coefficient (Wildman–Crippen LogP) is 5.16. The van der Waals surface area contributed by atoms with Crippen LogP contribution in [0.25, 0.3) is 11.0 Å². The number of thioether (sulfide) groups is 1. The van der Waals surface area contributed by atoms with E-state index in [-0.39, 0.29) is 11.5 Å². The zero-order valence-electron chi connectivity index (χ0n) is 14.5. The zero-order valence-corrected chi connectivity index (χ0v) is 16.9. The summed E-state index contributed by atoms with van der Waals surface area (Å²) in [4.78, 5) is 21.2. The van der Waals surface area contributed by atoms with Gasteiger partial charge in [-0.05, 0) is 23.8 Å². The van der Waals surface area contributed by atoms with Crippen LogP contribution in [0.3, 0.4) is 0 Å². The van der Waals surface area contributed by atoms with E-state index in [2.05, 4.69) is 15.1 Å². The molecule has 0 N–H and O–H groups in total. The SMILES string of the molecule is O=C(CSc1ncnc2c1cnn2Cc1ccccc1)c1ccc(Cl)c(Cl)c1. The first kappa shape index (κ1) is 18.9. The summed E-state index contributed by atoms with van der Waals surface area (Å²) in [5, 5.41) is 6.78. The van der Waals surface area contributed by atoms with Crippen molar-refractivity contribution in [2.45, 2.75) is 11.6 Å². The number of carbonyl (C=O) groups excluding carboxylic acids is 1. The molecule has 2 heterocycles. The molecule has 8 heteroatoms. The molecule has 0 spiro atoms. The molecule has 28 heavy (non-hydrogen) atoms. The van der Waals surface area contributed by atoms with Crippen molar-refractivity contribution >= 4 is 51.8 Å². The topological polar surface area (TPSA) is 60.7 Å². The molecule has 2 aromatic carbocycles. The average molecular weight is 429 g/mol. The van der Waals surface area contributed by atoms with Crippen molar-refractivity contribution in [2.75, 3.05) is 5.75 Å². The highest BCUT2D eigenvalue weighted by Gasteiger charge is 2.14. The predicted molar refractivity (Wildman–Crippen MR) is 112 cm³/mol. The summed E-state index contributed by atoms with van der Waals surface area (Å²) in [6, 6.07) is 14.9. The van der Waals surface area contributed by atoms with Crippen LogP contribution in [-0.4, -0.2) is 31.3 Å². The lowest BCUT2D eigenvalue weighted by Crippen LogP contribution is -2.04. The molecule has 4 rings (SSSR count). The molecule has 2 aromatic heterocycles. The number of halogens is 2. The van der Waals surface area contributed by atoms with Gasteiger partial charge >= 0.3 is 0 Å². The smallest absolute Gasteiger partial charge is 0.173 e. The van der Waals surface area contributed by atoms with Crippen molar-refractivity contribution in [1.29, 1.82) is 0 Å². The first-order chi connectivity index (χ1) is 13.6. The second-order valence-corrected chi connectivity index (χ2v) is 7.82. The van der Waals surface area contributed by atoms with E-state index < -0.39 is 0 Å². The van der Waals surface area contributed by atoms with Gasteiger partial charge < -0.3 is 0 Å². The maximum absolute atomic E-state index is 12.5. The van der Waals surface area contributed by atoms with Gasteiger partial charge in [-0.3, -0.25) is 4.79 Å². The molecular weight excluding hydrogens is 415 g/mol. The third-order valence-electron chi connectivity index (χ3n) is 4.15. The van der Waals surface area contributed by atoms with Gasteiger partial charge in [-0.15, -0.1) is 0 Å². The van der Waals surface area contributed by atoms with Gasteiger partial charge in [0.2, 0.25) is 0 Å². The third kappa shape index (κ3) is 4.04. The van der Waals surface area contributed by atoms with Crippen molar-refractivity contribution in [3.8, 4) is 0 Å². The number of nitrogens with zero attached hydrogens (tertiary/aromatic N) is 4. The number of hydrogen-bond donors (Lipinski definition) is 0. The molecule has 0 radical (unpaired) electrons. The summed E-state index contributed by atoms with van der Waals surface area (Å²) >= 11 is 13.3. The molecule has 0 unspecified atom stereocenters. The second-order valence-electron chi connectivity index (χ2n) is 6.04. The Labute approximate surface area is 175 Å². The lowest BCUT2D eigenvalue weighted by Gasteiger charge is -2.05. The molecule has 0 saturated carbocycles. The maximum Gasteiger partial charge on any atom is 0.173 e. The lowest BCUT2D eigenvalue weighted by atomic mass is 10.1. The molecule has 0 fully saturated rings. The summed E-state index contributed by atoms with van der Waals surface area (Å²) < 4.78 is 1.83. The fraction of sp³-hybridized carbons (Fsp3) is 0.100. The van der Waals surface area contributed by atoms with Gasteiger partial charge in [0.1, 0.15) is 11.4 Å². The Kier molecular flexibility index (Phi) is 5.62. The Balaban J connectivity index is 1.53. The lowest BCUT2D eigenvalue weighted by molar-refractivity contribution is 0.102. The van der Waals surface area contributed by atoms with Crippen molar-refractivity contribution < 1.29 is 4.79 Å². The largest absolute Gasteiger partial charge is 0.293 e. The summed E-state index contributed by atoms with van der Waals surface area (Å²) in [7, 11) is 0. The van der Waals surface area contributed by atoms with E-state index in [4.69, 9.17) is 23.2 Å². The van der Waals surface area contributed by atoms with Gasteiger partial charge in [-0.25, -0.2) is 14.6 Å². The van der Waals surface area contributed by atoms with Gasteiger partial charge in [0.25, 0.3) is 0 Å². The minimum atomic E-state index is -0.0491. The van der Waals surface area contributed by atoms with Crippen LogP contribution >= 0.6 is 35.0 Å². The van der Waals surface area contributed by atoms with Gasteiger partial charge in [0, 0.05) is 5.56 Å². The number of benzene rings is 2. The van der Waals surface area contributed by atoms with E-state index in [0.717, 1.165) is 21.6 Å². The Bertz CT molecular complexity index is 1150. The molecule has 0 aliphatic heterocycles. The summed E-state index contributed by atoms with van der Waals surface area (Å²) in [5.41, 5.74) is 2.39. The molecule has 0 aliphatic carbocycles. The third-order valence-corrected chi connectivity index (χ3v) is 5.90. The van der Waals surface area contributed by atoms with Crippen LogP contribution < -0.4 is 0 Å². The molecule has 0 saturated heterocycles. The van der Waals surface area contributed by atoms with Crippen LogP contribution in [0.1, 0.15) is 15.9 Å². The minimum absolute atomic E-state index is 0.0491. The van der Waals surface area contributed by atoms with Crippen LogP contribution in [0.4, 0.5) is 0 Å². The number of Topliss-reactive ketones (excluding diaryl/α,β-unsaturated/α-hetero) is 1. The summed E-state index contributed by atoms with van der Waals surface area (Å²) in [5.74, 6) is 0.181. The molecule has 140 valence electrons. The molecule has 4 aromatic rings. The molecular formula is C20H14Cl2N4OS. The Morgan fingerprint density at radius 3 is 2.64 bits per heavy atom. The highest BCUT2D eigenvalue weighted by molar-refractivity contribution is 8.00. The van der Waals surface area contributed by atoms with Crippen molar-refractivity contribution in [3.05, 3.63) is 82.2 Å². The van der Waals surface area contributed by atoms with E-state index in [1.807, 2.05) is 35.0 Å². The van der Waals surface area contributed by atoms with Crippen LogP contribution in [-0.2, 0) is 6.54 Å². The van der Waals surface area contributed by atoms with Crippen LogP contribution in [0.5, 0.6) is 0 Å².